The quantitative estimate of drug-likeness (QED) is 0.615. The number of hydrogen-bond acceptors (Lipinski definition) is 6. The molecule has 0 spiro atoms. The predicted molar refractivity (Wildman–Crippen MR) is 110 cm³/mol. The van der Waals surface area contributed by atoms with Gasteiger partial charge in [0.25, 0.3) is 10.0 Å². The predicted octanol–water partition coefficient (Wildman–Crippen LogP) is 3.94. The number of hydrogen-bond donors (Lipinski definition) is 1. The number of carbonyl (C=O) groups excluding carboxylic acids is 1. The number of nitrogens with one attached hydrogen (secondary N) is 1. The van der Waals surface area contributed by atoms with E-state index in [0.717, 1.165) is 28.0 Å². The minimum absolute atomic E-state index is 0.0176. The molecule has 1 heterocycles. The number of esters is 1. The zero-order valence-electron chi connectivity index (χ0n) is 15.7. The topological polar surface area (TPSA) is 85.4 Å². The zero-order chi connectivity index (χ0) is 20.3. The Bertz CT molecular complexity index is 1110. The van der Waals surface area contributed by atoms with Crippen LogP contribution in [0.4, 0.5) is 5.13 Å². The molecule has 3 aromatic rings. The van der Waals surface area contributed by atoms with Crippen LogP contribution >= 0.6 is 11.3 Å². The largest absolute Gasteiger partial charge is 0.469 e. The Kier molecular flexibility index (Phi) is 5.81. The van der Waals surface area contributed by atoms with E-state index in [0.29, 0.717) is 10.6 Å². The van der Waals surface area contributed by atoms with Gasteiger partial charge in [0.15, 0.2) is 5.13 Å². The van der Waals surface area contributed by atoms with Crippen molar-refractivity contribution in [3.63, 3.8) is 0 Å². The summed E-state index contributed by atoms with van der Waals surface area (Å²) in [6.07, 6.45) is 0.0176. The number of ether oxygens (including phenoxy) is 1. The van der Waals surface area contributed by atoms with E-state index in [4.69, 9.17) is 4.74 Å². The maximum absolute atomic E-state index is 12.8. The summed E-state index contributed by atoms with van der Waals surface area (Å²) < 4.78 is 32.8. The smallest absolute Gasteiger partial charge is 0.310 e. The van der Waals surface area contributed by atoms with Gasteiger partial charge < -0.3 is 4.74 Å². The van der Waals surface area contributed by atoms with Crippen LogP contribution in [0.3, 0.4) is 0 Å². The Balaban J connectivity index is 1.97. The Labute approximate surface area is 168 Å². The van der Waals surface area contributed by atoms with E-state index in [-0.39, 0.29) is 16.4 Å². The molecule has 146 valence electrons. The molecule has 1 aromatic heterocycles. The molecule has 0 aliphatic carbocycles. The lowest BCUT2D eigenvalue weighted by atomic mass is 10.1. The number of sulfonamides is 1. The highest BCUT2D eigenvalue weighted by atomic mass is 32.2. The van der Waals surface area contributed by atoms with Crippen molar-refractivity contribution in [3.8, 4) is 11.3 Å². The summed E-state index contributed by atoms with van der Waals surface area (Å²) in [6.45, 7) is 3.78. The van der Waals surface area contributed by atoms with E-state index >= 15 is 0 Å². The molecule has 0 radical (unpaired) electrons. The molecule has 28 heavy (non-hydrogen) atoms. The Morgan fingerprint density at radius 3 is 2.46 bits per heavy atom. The summed E-state index contributed by atoms with van der Waals surface area (Å²) in [7, 11) is -2.48. The maximum Gasteiger partial charge on any atom is 0.310 e. The summed E-state index contributed by atoms with van der Waals surface area (Å²) in [5.74, 6) is -0.413. The fraction of sp³-hybridized carbons (Fsp3) is 0.200. The van der Waals surface area contributed by atoms with Crippen molar-refractivity contribution < 1.29 is 17.9 Å². The number of benzene rings is 2. The molecule has 1 N–H and O–H groups in total. The first-order valence-corrected chi connectivity index (χ1v) is 10.8. The molecule has 0 unspecified atom stereocenters. The van der Waals surface area contributed by atoms with Gasteiger partial charge >= 0.3 is 5.97 Å². The fourth-order valence-corrected chi connectivity index (χ4v) is 4.88. The number of carbonyl (C=O) groups is 1. The van der Waals surface area contributed by atoms with Crippen LogP contribution in [0, 0.1) is 13.8 Å². The van der Waals surface area contributed by atoms with Crippen molar-refractivity contribution in [1.82, 2.24) is 4.98 Å². The average molecular weight is 417 g/mol. The van der Waals surface area contributed by atoms with Gasteiger partial charge in [-0.1, -0.05) is 47.7 Å². The van der Waals surface area contributed by atoms with E-state index in [1.807, 2.05) is 44.2 Å². The summed E-state index contributed by atoms with van der Waals surface area (Å²) in [6, 6.07) is 14.3. The van der Waals surface area contributed by atoms with Crippen LogP contribution in [0.2, 0.25) is 0 Å². The minimum atomic E-state index is -3.79. The van der Waals surface area contributed by atoms with Crippen LogP contribution in [-0.2, 0) is 26.0 Å². The molecular formula is C20H20N2O4S2. The lowest BCUT2D eigenvalue weighted by Crippen LogP contribution is -2.13. The van der Waals surface area contributed by atoms with Gasteiger partial charge in [0.1, 0.15) is 0 Å². The van der Waals surface area contributed by atoms with Gasteiger partial charge in [0.2, 0.25) is 0 Å². The lowest BCUT2D eigenvalue weighted by molar-refractivity contribution is -0.139. The summed E-state index contributed by atoms with van der Waals surface area (Å²) in [5.41, 5.74) is 3.27. The molecule has 0 bridgehead atoms. The molecular weight excluding hydrogens is 396 g/mol. The summed E-state index contributed by atoms with van der Waals surface area (Å²) >= 11 is 1.12. The van der Waals surface area contributed by atoms with E-state index in [1.54, 1.807) is 18.2 Å². The second kappa shape index (κ2) is 8.12. The second-order valence-electron chi connectivity index (χ2n) is 6.26. The van der Waals surface area contributed by atoms with Gasteiger partial charge in [-0.25, -0.2) is 13.4 Å². The molecule has 3 rings (SSSR count). The molecule has 0 saturated carbocycles. The molecule has 0 saturated heterocycles. The number of aromatic nitrogens is 1. The van der Waals surface area contributed by atoms with Crippen LogP contribution in [-0.4, -0.2) is 26.5 Å². The van der Waals surface area contributed by atoms with Crippen molar-refractivity contribution in [2.75, 3.05) is 11.8 Å². The molecule has 0 atom stereocenters. The molecule has 0 amide bonds. The highest BCUT2D eigenvalue weighted by Crippen LogP contribution is 2.33. The third kappa shape index (κ3) is 4.40. The molecule has 0 fully saturated rings. The standard InChI is InChI=1S/C20H20N2O4S2/c1-13-9-10-16(11-14(13)2)28(24,25)22-20-21-19(15-7-5-4-6-8-15)17(27-20)12-18(23)26-3/h4-11H,12H2,1-3H3,(H,21,22). The van der Waals surface area contributed by atoms with Crippen molar-refractivity contribution in [1.29, 1.82) is 0 Å². The van der Waals surface area contributed by atoms with Crippen LogP contribution in [0.15, 0.2) is 53.4 Å². The monoisotopic (exact) mass is 416 g/mol. The minimum Gasteiger partial charge on any atom is -0.469 e. The Morgan fingerprint density at radius 1 is 1.11 bits per heavy atom. The SMILES string of the molecule is COC(=O)Cc1sc(NS(=O)(=O)c2ccc(C)c(C)c2)nc1-c1ccccc1. The van der Waals surface area contributed by atoms with Crippen molar-refractivity contribution in [3.05, 3.63) is 64.5 Å². The van der Waals surface area contributed by atoms with Gasteiger partial charge in [-0.15, -0.1) is 0 Å². The Hall–Kier alpha value is -2.71. The van der Waals surface area contributed by atoms with Gasteiger partial charge in [-0.2, -0.15) is 0 Å². The van der Waals surface area contributed by atoms with E-state index in [1.165, 1.54) is 7.11 Å². The second-order valence-corrected chi connectivity index (χ2v) is 9.03. The first-order valence-electron chi connectivity index (χ1n) is 8.52. The summed E-state index contributed by atoms with van der Waals surface area (Å²) in [4.78, 5) is 17.0. The van der Waals surface area contributed by atoms with Gasteiger partial charge in [0.05, 0.1) is 24.1 Å². The molecule has 6 nitrogen and oxygen atoms in total. The number of rotatable bonds is 6. The maximum atomic E-state index is 12.8. The lowest BCUT2D eigenvalue weighted by Gasteiger charge is -2.07. The van der Waals surface area contributed by atoms with Crippen molar-refractivity contribution in [2.24, 2.45) is 0 Å². The van der Waals surface area contributed by atoms with Crippen LogP contribution in [0.5, 0.6) is 0 Å². The normalized spacial score (nSPS) is 11.2. The van der Waals surface area contributed by atoms with Gasteiger partial charge in [-0.3, -0.25) is 9.52 Å². The van der Waals surface area contributed by atoms with Crippen LogP contribution in [0.1, 0.15) is 16.0 Å². The fourth-order valence-electron chi connectivity index (χ4n) is 2.59. The van der Waals surface area contributed by atoms with Gasteiger partial charge in [0, 0.05) is 10.4 Å². The first-order chi connectivity index (χ1) is 13.3. The number of thiazole rings is 1. The molecule has 2 aromatic carbocycles. The molecule has 8 heteroatoms. The number of aryl methyl sites for hydroxylation is 2. The average Bonchev–Trinajstić information content (AvgIpc) is 3.05. The zero-order valence-corrected chi connectivity index (χ0v) is 17.4. The van der Waals surface area contributed by atoms with Crippen LogP contribution in [0.25, 0.3) is 11.3 Å². The van der Waals surface area contributed by atoms with E-state index < -0.39 is 16.0 Å². The third-order valence-electron chi connectivity index (χ3n) is 4.29. The third-order valence-corrected chi connectivity index (χ3v) is 6.72. The van der Waals surface area contributed by atoms with E-state index in [9.17, 15) is 13.2 Å². The van der Waals surface area contributed by atoms with Crippen molar-refractivity contribution in [2.45, 2.75) is 25.2 Å². The highest BCUT2D eigenvalue weighted by Gasteiger charge is 2.21. The number of nitrogens with zero attached hydrogens (tertiary/aromatic N) is 1. The number of methoxy groups -OCH3 is 1. The van der Waals surface area contributed by atoms with E-state index in [2.05, 4.69) is 9.71 Å². The molecule has 0 aliphatic heterocycles. The Morgan fingerprint density at radius 2 is 1.82 bits per heavy atom. The summed E-state index contributed by atoms with van der Waals surface area (Å²) in [5, 5.41) is 0.205. The van der Waals surface area contributed by atoms with Crippen molar-refractivity contribution >= 4 is 32.5 Å². The number of anilines is 1. The molecule has 0 aliphatic rings. The first kappa shape index (κ1) is 20.0. The highest BCUT2D eigenvalue weighted by molar-refractivity contribution is 7.93. The van der Waals surface area contributed by atoms with Gasteiger partial charge in [-0.05, 0) is 37.1 Å². The van der Waals surface area contributed by atoms with Crippen LogP contribution < -0.4 is 4.72 Å².